The van der Waals surface area contributed by atoms with E-state index in [0.29, 0.717) is 6.04 Å². The van der Waals surface area contributed by atoms with E-state index in [1.807, 2.05) is 0 Å². The fourth-order valence-corrected chi connectivity index (χ4v) is 3.14. The Balaban J connectivity index is 2.17. The van der Waals surface area contributed by atoms with Gasteiger partial charge in [-0.05, 0) is 44.7 Å². The average Bonchev–Trinajstić information content (AvgIpc) is 2.43. The third-order valence-electron chi connectivity index (χ3n) is 4.96. The van der Waals surface area contributed by atoms with Gasteiger partial charge in [-0.3, -0.25) is 4.90 Å². The van der Waals surface area contributed by atoms with E-state index < -0.39 is 0 Å². The summed E-state index contributed by atoms with van der Waals surface area (Å²) in [5.41, 5.74) is 4.54. The van der Waals surface area contributed by atoms with Crippen LogP contribution in [0.25, 0.3) is 0 Å². The molecule has 2 rings (SSSR count). The van der Waals surface area contributed by atoms with Gasteiger partial charge in [-0.2, -0.15) is 0 Å². The number of nitrogens with one attached hydrogen (secondary N) is 1. The first-order valence-electron chi connectivity index (χ1n) is 8.02. The minimum absolute atomic E-state index is 0.267. The van der Waals surface area contributed by atoms with E-state index in [2.05, 4.69) is 63.0 Å². The molecule has 2 heteroatoms. The van der Waals surface area contributed by atoms with Gasteiger partial charge in [0.05, 0.1) is 0 Å². The molecule has 0 amide bonds. The number of benzene rings is 1. The second kappa shape index (κ2) is 6.28. The highest BCUT2D eigenvalue weighted by Crippen LogP contribution is 2.23. The second-order valence-electron chi connectivity index (χ2n) is 6.69. The summed E-state index contributed by atoms with van der Waals surface area (Å²) in [6.45, 7) is 14.7. The monoisotopic (exact) mass is 274 g/mol. The summed E-state index contributed by atoms with van der Waals surface area (Å²) in [7, 11) is 0. The van der Waals surface area contributed by atoms with Crippen LogP contribution in [0.4, 0.5) is 0 Å². The predicted octanol–water partition coefficient (Wildman–Crippen LogP) is 3.66. The molecule has 1 aromatic carbocycles. The molecule has 1 N–H and O–H groups in total. The lowest BCUT2D eigenvalue weighted by Gasteiger charge is -2.46. The normalized spacial score (nSPS) is 27.8. The molecule has 2 atom stereocenters. The summed E-state index contributed by atoms with van der Waals surface area (Å²) in [5, 5.41) is 3.75. The Kier molecular flexibility index (Phi) is 4.87. The van der Waals surface area contributed by atoms with Crippen LogP contribution in [0, 0.1) is 13.8 Å². The summed E-state index contributed by atoms with van der Waals surface area (Å²) in [5.74, 6) is 0. The van der Waals surface area contributed by atoms with Gasteiger partial charge in [0, 0.05) is 31.2 Å². The first-order chi connectivity index (χ1) is 9.47. The maximum absolute atomic E-state index is 3.75. The van der Waals surface area contributed by atoms with Crippen LogP contribution in [0.2, 0.25) is 0 Å². The van der Waals surface area contributed by atoms with Crippen LogP contribution < -0.4 is 5.32 Å². The summed E-state index contributed by atoms with van der Waals surface area (Å²) in [6.07, 6.45) is 2.41. The molecular formula is C18H30N2. The Morgan fingerprint density at radius 3 is 2.70 bits per heavy atom. The Morgan fingerprint density at radius 2 is 2.05 bits per heavy atom. The molecule has 0 spiro atoms. The standard InChI is InChI=1S/C18H30N2/c1-6-17-11-19-18(5,7-2)13-20(17)12-16-10-14(3)8-9-15(16)4/h8-10,17,19H,6-7,11-13H2,1-5H3. The third-order valence-corrected chi connectivity index (χ3v) is 4.96. The van der Waals surface area contributed by atoms with Gasteiger partial charge in [0.1, 0.15) is 0 Å². The van der Waals surface area contributed by atoms with Crippen LogP contribution in [-0.2, 0) is 6.54 Å². The molecular weight excluding hydrogens is 244 g/mol. The Labute approximate surface area is 124 Å². The minimum atomic E-state index is 0.267. The lowest BCUT2D eigenvalue weighted by Crippen LogP contribution is -2.62. The van der Waals surface area contributed by atoms with Crippen molar-refractivity contribution in [1.82, 2.24) is 10.2 Å². The zero-order valence-corrected chi connectivity index (χ0v) is 13.8. The van der Waals surface area contributed by atoms with Gasteiger partial charge in [-0.25, -0.2) is 0 Å². The molecule has 0 bridgehead atoms. The van der Waals surface area contributed by atoms with E-state index in [1.165, 1.54) is 29.5 Å². The molecule has 20 heavy (non-hydrogen) atoms. The molecule has 2 unspecified atom stereocenters. The van der Waals surface area contributed by atoms with Gasteiger partial charge in [-0.15, -0.1) is 0 Å². The summed E-state index contributed by atoms with van der Waals surface area (Å²) < 4.78 is 0. The van der Waals surface area contributed by atoms with Crippen molar-refractivity contribution in [2.75, 3.05) is 13.1 Å². The van der Waals surface area contributed by atoms with Crippen LogP contribution in [-0.4, -0.2) is 29.6 Å². The molecule has 112 valence electrons. The Hall–Kier alpha value is -0.860. The summed E-state index contributed by atoms with van der Waals surface area (Å²) in [4.78, 5) is 2.68. The maximum atomic E-state index is 3.75. The topological polar surface area (TPSA) is 15.3 Å². The first-order valence-corrected chi connectivity index (χ1v) is 8.02. The van der Waals surface area contributed by atoms with Crippen molar-refractivity contribution < 1.29 is 0 Å². The molecule has 1 aromatic rings. The lowest BCUT2D eigenvalue weighted by molar-refractivity contribution is 0.0753. The van der Waals surface area contributed by atoms with Crippen molar-refractivity contribution >= 4 is 0 Å². The Morgan fingerprint density at radius 1 is 1.30 bits per heavy atom. The number of aryl methyl sites for hydroxylation is 2. The average molecular weight is 274 g/mol. The van der Waals surface area contributed by atoms with Gasteiger partial charge < -0.3 is 5.32 Å². The summed E-state index contributed by atoms with van der Waals surface area (Å²) >= 11 is 0. The molecule has 0 saturated carbocycles. The van der Waals surface area contributed by atoms with Crippen molar-refractivity contribution in [3.05, 3.63) is 34.9 Å². The highest BCUT2D eigenvalue weighted by molar-refractivity contribution is 5.30. The molecule has 0 aromatic heterocycles. The van der Waals surface area contributed by atoms with E-state index >= 15 is 0 Å². The predicted molar refractivity (Wildman–Crippen MR) is 87.1 cm³/mol. The molecule has 0 aliphatic carbocycles. The highest BCUT2D eigenvalue weighted by Gasteiger charge is 2.33. The van der Waals surface area contributed by atoms with Gasteiger partial charge in [0.2, 0.25) is 0 Å². The highest BCUT2D eigenvalue weighted by atomic mass is 15.2. The molecule has 1 heterocycles. The number of hydrogen-bond acceptors (Lipinski definition) is 2. The first kappa shape index (κ1) is 15.5. The number of nitrogens with zero attached hydrogens (tertiary/aromatic N) is 1. The molecule has 2 nitrogen and oxygen atoms in total. The van der Waals surface area contributed by atoms with Crippen LogP contribution in [0.3, 0.4) is 0 Å². The van der Waals surface area contributed by atoms with Crippen molar-refractivity contribution in [2.24, 2.45) is 0 Å². The molecule has 1 aliphatic rings. The van der Waals surface area contributed by atoms with Gasteiger partial charge >= 0.3 is 0 Å². The van der Waals surface area contributed by atoms with E-state index in [1.54, 1.807) is 0 Å². The van der Waals surface area contributed by atoms with Crippen LogP contribution in [0.15, 0.2) is 18.2 Å². The van der Waals surface area contributed by atoms with Crippen molar-refractivity contribution in [1.29, 1.82) is 0 Å². The maximum Gasteiger partial charge on any atom is 0.0278 e. The van der Waals surface area contributed by atoms with Gasteiger partial charge in [0.15, 0.2) is 0 Å². The van der Waals surface area contributed by atoms with Crippen molar-refractivity contribution in [3.63, 3.8) is 0 Å². The van der Waals surface area contributed by atoms with Crippen LogP contribution in [0.1, 0.15) is 50.3 Å². The van der Waals surface area contributed by atoms with Gasteiger partial charge in [0.25, 0.3) is 0 Å². The fraction of sp³-hybridized carbons (Fsp3) is 0.667. The number of piperazine rings is 1. The quantitative estimate of drug-likeness (QED) is 0.901. The van der Waals surface area contributed by atoms with Crippen molar-refractivity contribution in [2.45, 2.75) is 65.6 Å². The summed E-state index contributed by atoms with van der Waals surface area (Å²) in [6, 6.07) is 7.49. The van der Waals surface area contributed by atoms with E-state index in [0.717, 1.165) is 19.6 Å². The minimum Gasteiger partial charge on any atom is -0.309 e. The molecule has 1 saturated heterocycles. The van der Waals surface area contributed by atoms with Crippen molar-refractivity contribution in [3.8, 4) is 0 Å². The van der Waals surface area contributed by atoms with Crippen LogP contribution in [0.5, 0.6) is 0 Å². The largest absolute Gasteiger partial charge is 0.309 e. The third kappa shape index (κ3) is 3.42. The fourth-order valence-electron chi connectivity index (χ4n) is 3.14. The van der Waals surface area contributed by atoms with E-state index in [4.69, 9.17) is 0 Å². The van der Waals surface area contributed by atoms with E-state index in [9.17, 15) is 0 Å². The Bertz CT molecular complexity index is 455. The molecule has 1 fully saturated rings. The van der Waals surface area contributed by atoms with Gasteiger partial charge in [-0.1, -0.05) is 37.6 Å². The molecule has 1 aliphatic heterocycles. The SMILES string of the molecule is CCC1CNC(C)(CC)CN1Cc1cc(C)ccc1C. The zero-order chi connectivity index (χ0) is 14.8. The number of rotatable bonds is 4. The second-order valence-corrected chi connectivity index (χ2v) is 6.69. The number of hydrogen-bond donors (Lipinski definition) is 1. The smallest absolute Gasteiger partial charge is 0.0278 e. The molecule has 0 radical (unpaired) electrons. The van der Waals surface area contributed by atoms with E-state index in [-0.39, 0.29) is 5.54 Å². The lowest BCUT2D eigenvalue weighted by atomic mass is 9.92. The van der Waals surface area contributed by atoms with Crippen LogP contribution >= 0.6 is 0 Å². The zero-order valence-electron chi connectivity index (χ0n) is 13.8.